The fourth-order valence-electron chi connectivity index (χ4n) is 3.92. The lowest BCUT2D eigenvalue weighted by Crippen LogP contribution is -2.26. The van der Waals surface area contributed by atoms with E-state index in [0.717, 1.165) is 44.0 Å². The van der Waals surface area contributed by atoms with Crippen LogP contribution in [0.1, 0.15) is 18.4 Å². The average molecular weight is 422 g/mol. The minimum atomic E-state index is -0.715. The summed E-state index contributed by atoms with van der Waals surface area (Å²) < 4.78 is 28.6. The standard InChI is InChI=1S/C24H24F2N4O/c25-19-3-5-21(22(26)15-19)17-7-11-30(24(31)14-17)20-4-6-23(18(13-20)16-27)28-8-12-29-9-1-2-10-29/h3-7,11,13-16,27-28H,1-2,8-10,12H2. The molecule has 5 nitrogen and oxygen atoms in total. The maximum Gasteiger partial charge on any atom is 0.255 e. The molecule has 4 rings (SSSR count). The van der Waals surface area contributed by atoms with E-state index in [1.807, 2.05) is 12.1 Å². The molecule has 1 aromatic heterocycles. The summed E-state index contributed by atoms with van der Waals surface area (Å²) >= 11 is 0. The summed E-state index contributed by atoms with van der Waals surface area (Å²) in [6, 6.07) is 11.7. The Hall–Kier alpha value is -3.32. The number of anilines is 1. The Morgan fingerprint density at radius 2 is 1.84 bits per heavy atom. The van der Waals surface area contributed by atoms with E-state index < -0.39 is 11.6 Å². The highest BCUT2D eigenvalue weighted by Gasteiger charge is 2.12. The number of benzene rings is 2. The summed E-state index contributed by atoms with van der Waals surface area (Å²) in [6.45, 7) is 4.02. The monoisotopic (exact) mass is 422 g/mol. The zero-order chi connectivity index (χ0) is 21.8. The Labute approximate surface area is 179 Å². The van der Waals surface area contributed by atoms with Crippen molar-refractivity contribution in [2.24, 2.45) is 0 Å². The van der Waals surface area contributed by atoms with Gasteiger partial charge in [-0.2, -0.15) is 0 Å². The number of hydrogen-bond acceptors (Lipinski definition) is 4. The predicted molar refractivity (Wildman–Crippen MR) is 119 cm³/mol. The third kappa shape index (κ3) is 4.72. The van der Waals surface area contributed by atoms with Crippen molar-refractivity contribution < 1.29 is 8.78 Å². The van der Waals surface area contributed by atoms with Gasteiger partial charge in [-0.1, -0.05) is 0 Å². The van der Waals surface area contributed by atoms with Crippen LogP contribution in [-0.4, -0.2) is 41.9 Å². The van der Waals surface area contributed by atoms with Crippen molar-refractivity contribution in [1.82, 2.24) is 9.47 Å². The van der Waals surface area contributed by atoms with Crippen molar-refractivity contribution in [1.29, 1.82) is 5.41 Å². The van der Waals surface area contributed by atoms with Gasteiger partial charge in [-0.05, 0) is 67.9 Å². The lowest BCUT2D eigenvalue weighted by molar-refractivity contribution is 0.352. The van der Waals surface area contributed by atoms with Crippen LogP contribution in [0.2, 0.25) is 0 Å². The predicted octanol–water partition coefficient (Wildman–Crippen LogP) is 4.29. The lowest BCUT2D eigenvalue weighted by atomic mass is 10.1. The van der Waals surface area contributed by atoms with E-state index in [-0.39, 0.29) is 11.1 Å². The quantitative estimate of drug-likeness (QED) is 0.559. The van der Waals surface area contributed by atoms with Gasteiger partial charge in [0.2, 0.25) is 0 Å². The van der Waals surface area contributed by atoms with E-state index in [0.29, 0.717) is 16.8 Å². The summed E-state index contributed by atoms with van der Waals surface area (Å²) in [7, 11) is 0. The van der Waals surface area contributed by atoms with Crippen LogP contribution in [0.4, 0.5) is 14.5 Å². The molecule has 0 radical (unpaired) electrons. The molecule has 3 aromatic rings. The highest BCUT2D eigenvalue weighted by atomic mass is 19.1. The number of rotatable bonds is 7. The van der Waals surface area contributed by atoms with Gasteiger partial charge < -0.3 is 15.6 Å². The van der Waals surface area contributed by atoms with E-state index in [1.54, 1.807) is 18.3 Å². The van der Waals surface area contributed by atoms with Crippen LogP contribution in [0.25, 0.3) is 16.8 Å². The molecule has 1 saturated heterocycles. The highest BCUT2D eigenvalue weighted by molar-refractivity contribution is 5.86. The molecule has 2 heterocycles. The van der Waals surface area contributed by atoms with Gasteiger partial charge in [0.05, 0.1) is 0 Å². The van der Waals surface area contributed by atoms with Crippen LogP contribution in [0.3, 0.4) is 0 Å². The van der Waals surface area contributed by atoms with Gasteiger partial charge >= 0.3 is 0 Å². The first kappa shape index (κ1) is 20.9. The summed E-state index contributed by atoms with van der Waals surface area (Å²) in [5.74, 6) is -1.38. The first-order valence-electron chi connectivity index (χ1n) is 10.3. The second-order valence-electron chi connectivity index (χ2n) is 7.64. The molecule has 1 aliphatic heterocycles. The van der Waals surface area contributed by atoms with Crippen molar-refractivity contribution in [3.8, 4) is 16.8 Å². The number of likely N-dealkylation sites (tertiary alicyclic amines) is 1. The second-order valence-corrected chi connectivity index (χ2v) is 7.64. The molecule has 0 atom stereocenters. The molecule has 0 unspecified atom stereocenters. The van der Waals surface area contributed by atoms with Crippen molar-refractivity contribution in [2.45, 2.75) is 12.8 Å². The van der Waals surface area contributed by atoms with Gasteiger partial charge in [0, 0.05) is 60.1 Å². The van der Waals surface area contributed by atoms with Crippen LogP contribution in [0.5, 0.6) is 0 Å². The Kier molecular flexibility index (Phi) is 6.23. The Morgan fingerprint density at radius 3 is 2.55 bits per heavy atom. The SMILES string of the molecule is N=Cc1cc(-n2ccc(-c3ccc(F)cc3F)cc2=O)ccc1NCCN1CCCC1. The van der Waals surface area contributed by atoms with E-state index in [1.165, 1.54) is 35.8 Å². The third-order valence-corrected chi connectivity index (χ3v) is 5.57. The molecule has 0 spiro atoms. The van der Waals surface area contributed by atoms with Crippen LogP contribution < -0.4 is 10.9 Å². The molecule has 0 saturated carbocycles. The zero-order valence-corrected chi connectivity index (χ0v) is 17.1. The third-order valence-electron chi connectivity index (χ3n) is 5.57. The normalized spacial score (nSPS) is 14.0. The molecular formula is C24H24F2N4O. The molecule has 2 aromatic carbocycles. The first-order valence-corrected chi connectivity index (χ1v) is 10.3. The molecule has 0 amide bonds. The highest BCUT2D eigenvalue weighted by Crippen LogP contribution is 2.23. The Bertz CT molecular complexity index is 1150. The van der Waals surface area contributed by atoms with Gasteiger partial charge in [0.1, 0.15) is 11.6 Å². The Balaban J connectivity index is 1.54. The molecule has 7 heteroatoms. The van der Waals surface area contributed by atoms with Gasteiger partial charge in [-0.15, -0.1) is 0 Å². The summed E-state index contributed by atoms with van der Waals surface area (Å²) in [5.41, 5.74) is 2.34. The van der Waals surface area contributed by atoms with E-state index >= 15 is 0 Å². The largest absolute Gasteiger partial charge is 0.383 e. The molecule has 2 N–H and O–H groups in total. The number of aromatic nitrogens is 1. The summed E-state index contributed by atoms with van der Waals surface area (Å²) in [5, 5.41) is 11.1. The fraction of sp³-hybridized carbons (Fsp3) is 0.250. The van der Waals surface area contributed by atoms with Crippen molar-refractivity contribution in [3.63, 3.8) is 0 Å². The van der Waals surface area contributed by atoms with Crippen molar-refractivity contribution in [3.05, 3.63) is 82.3 Å². The van der Waals surface area contributed by atoms with Crippen LogP contribution >= 0.6 is 0 Å². The number of halogens is 2. The molecular weight excluding hydrogens is 398 g/mol. The van der Waals surface area contributed by atoms with E-state index in [2.05, 4.69) is 10.2 Å². The maximum absolute atomic E-state index is 14.1. The number of hydrogen-bond donors (Lipinski definition) is 2. The molecule has 160 valence electrons. The van der Waals surface area contributed by atoms with E-state index in [9.17, 15) is 13.6 Å². The molecule has 1 fully saturated rings. The summed E-state index contributed by atoms with van der Waals surface area (Å²) in [4.78, 5) is 15.1. The number of nitrogens with one attached hydrogen (secondary N) is 2. The smallest absolute Gasteiger partial charge is 0.255 e. The fourth-order valence-corrected chi connectivity index (χ4v) is 3.92. The first-order chi connectivity index (χ1) is 15.0. The molecule has 0 bridgehead atoms. The van der Waals surface area contributed by atoms with Gasteiger partial charge in [-0.25, -0.2) is 8.78 Å². The average Bonchev–Trinajstić information content (AvgIpc) is 3.27. The van der Waals surface area contributed by atoms with Crippen LogP contribution in [0.15, 0.2) is 59.5 Å². The zero-order valence-electron chi connectivity index (χ0n) is 17.1. The van der Waals surface area contributed by atoms with Gasteiger partial charge in [0.25, 0.3) is 5.56 Å². The molecule has 1 aliphatic rings. The van der Waals surface area contributed by atoms with Crippen LogP contribution in [0, 0.1) is 17.0 Å². The number of pyridine rings is 1. The summed E-state index contributed by atoms with van der Waals surface area (Å²) in [6.07, 6.45) is 5.32. The molecule has 0 aliphatic carbocycles. The minimum Gasteiger partial charge on any atom is -0.383 e. The minimum absolute atomic E-state index is 0.170. The van der Waals surface area contributed by atoms with Crippen molar-refractivity contribution in [2.75, 3.05) is 31.5 Å². The lowest BCUT2D eigenvalue weighted by Gasteiger charge is -2.17. The maximum atomic E-state index is 14.1. The van der Waals surface area contributed by atoms with E-state index in [4.69, 9.17) is 5.41 Å². The Morgan fingerprint density at radius 1 is 1.03 bits per heavy atom. The van der Waals surface area contributed by atoms with Crippen molar-refractivity contribution >= 4 is 11.9 Å². The number of nitrogens with zero attached hydrogens (tertiary/aromatic N) is 2. The topological polar surface area (TPSA) is 61.1 Å². The second kappa shape index (κ2) is 9.22. The van der Waals surface area contributed by atoms with Gasteiger partial charge in [0.15, 0.2) is 0 Å². The van der Waals surface area contributed by atoms with Gasteiger partial charge in [-0.3, -0.25) is 9.36 Å². The molecule has 31 heavy (non-hydrogen) atoms. The van der Waals surface area contributed by atoms with Crippen LogP contribution in [-0.2, 0) is 0 Å².